The van der Waals surface area contributed by atoms with Gasteiger partial charge in [0.25, 0.3) is 0 Å². The van der Waals surface area contributed by atoms with E-state index < -0.39 is 17.8 Å². The standard InChI is InChI=1S/C15H11NO5/c17-13-11-9-4-5-10(21-9)12(11)14(18)16(13)8-3-1-2-7(6-8)15(19)20/h1-6,9-12H,(H,19,20)/p-1. The second kappa shape index (κ2) is 4.02. The molecule has 6 nitrogen and oxygen atoms in total. The summed E-state index contributed by atoms with van der Waals surface area (Å²) in [5, 5.41) is 10.9. The quantitative estimate of drug-likeness (QED) is 0.539. The van der Waals surface area contributed by atoms with Crippen molar-refractivity contribution in [1.82, 2.24) is 0 Å². The van der Waals surface area contributed by atoms with Gasteiger partial charge in [0.15, 0.2) is 0 Å². The van der Waals surface area contributed by atoms with E-state index in [4.69, 9.17) is 4.74 Å². The molecule has 21 heavy (non-hydrogen) atoms. The number of nitrogens with zero attached hydrogens (tertiary/aromatic N) is 1. The molecule has 0 aliphatic carbocycles. The lowest BCUT2D eigenvalue weighted by atomic mass is 9.85. The highest BCUT2D eigenvalue weighted by Crippen LogP contribution is 2.46. The number of amides is 2. The summed E-state index contributed by atoms with van der Waals surface area (Å²) < 4.78 is 5.54. The van der Waals surface area contributed by atoms with Gasteiger partial charge in [-0.3, -0.25) is 9.59 Å². The van der Waals surface area contributed by atoms with Crippen molar-refractivity contribution in [3.8, 4) is 0 Å². The van der Waals surface area contributed by atoms with Crippen LogP contribution in [0, 0.1) is 11.8 Å². The Morgan fingerprint density at radius 3 is 2.29 bits per heavy atom. The molecule has 3 heterocycles. The van der Waals surface area contributed by atoms with Crippen LogP contribution in [-0.4, -0.2) is 30.0 Å². The van der Waals surface area contributed by atoms with Crippen LogP contribution in [0.2, 0.25) is 0 Å². The largest absolute Gasteiger partial charge is 0.545 e. The van der Waals surface area contributed by atoms with Gasteiger partial charge in [-0.25, -0.2) is 4.90 Å². The number of ether oxygens (including phenoxy) is 1. The van der Waals surface area contributed by atoms with Gasteiger partial charge < -0.3 is 14.6 Å². The SMILES string of the molecule is O=C([O-])c1cccc(N2C(=O)C3C4C=CC(O4)C3C2=O)c1. The Kier molecular flexibility index (Phi) is 2.35. The number of hydrogen-bond donors (Lipinski definition) is 0. The van der Waals surface area contributed by atoms with Gasteiger partial charge in [0.1, 0.15) is 0 Å². The summed E-state index contributed by atoms with van der Waals surface area (Å²) in [5.41, 5.74) is 0.197. The van der Waals surface area contributed by atoms with Crippen molar-refractivity contribution in [3.05, 3.63) is 42.0 Å². The number of anilines is 1. The molecule has 2 fully saturated rings. The van der Waals surface area contributed by atoms with E-state index in [0.29, 0.717) is 0 Å². The summed E-state index contributed by atoms with van der Waals surface area (Å²) in [6, 6.07) is 5.67. The lowest BCUT2D eigenvalue weighted by Crippen LogP contribution is -2.34. The molecule has 6 heteroatoms. The summed E-state index contributed by atoms with van der Waals surface area (Å²) in [7, 11) is 0. The van der Waals surface area contributed by atoms with E-state index in [2.05, 4.69) is 0 Å². The molecule has 3 aliphatic rings. The first-order valence-electron chi connectivity index (χ1n) is 6.61. The van der Waals surface area contributed by atoms with E-state index >= 15 is 0 Å². The molecule has 1 aromatic rings. The molecule has 4 unspecified atom stereocenters. The lowest BCUT2D eigenvalue weighted by Gasteiger charge is -2.18. The first kappa shape index (κ1) is 12.3. The predicted octanol–water partition coefficient (Wildman–Crippen LogP) is -0.507. The lowest BCUT2D eigenvalue weighted by molar-refractivity contribution is -0.255. The summed E-state index contributed by atoms with van der Waals surface area (Å²) in [6.45, 7) is 0. The topological polar surface area (TPSA) is 86.7 Å². The van der Waals surface area contributed by atoms with Gasteiger partial charge in [-0.2, -0.15) is 0 Å². The van der Waals surface area contributed by atoms with Crippen LogP contribution in [0.1, 0.15) is 10.4 Å². The van der Waals surface area contributed by atoms with Crippen molar-refractivity contribution in [2.45, 2.75) is 12.2 Å². The van der Waals surface area contributed by atoms with Gasteiger partial charge in [0.2, 0.25) is 11.8 Å². The summed E-state index contributed by atoms with van der Waals surface area (Å²) in [6.07, 6.45) is 2.90. The van der Waals surface area contributed by atoms with Crippen molar-refractivity contribution in [1.29, 1.82) is 0 Å². The zero-order valence-electron chi connectivity index (χ0n) is 10.8. The van der Waals surface area contributed by atoms with Crippen LogP contribution in [0.5, 0.6) is 0 Å². The highest BCUT2D eigenvalue weighted by Gasteiger charge is 2.60. The Morgan fingerprint density at radius 2 is 1.71 bits per heavy atom. The second-order valence-corrected chi connectivity index (χ2v) is 5.35. The Hall–Kier alpha value is -2.47. The molecule has 0 radical (unpaired) electrons. The van der Waals surface area contributed by atoms with E-state index in [-0.39, 0.29) is 35.3 Å². The van der Waals surface area contributed by atoms with Gasteiger partial charge in [0.05, 0.1) is 35.7 Å². The van der Waals surface area contributed by atoms with E-state index in [1.54, 1.807) is 18.2 Å². The number of carbonyl (C=O) groups is 3. The average Bonchev–Trinajstić information content (AvgIpc) is 3.13. The first-order chi connectivity index (χ1) is 10.1. The molecule has 0 aromatic heterocycles. The minimum atomic E-state index is -1.35. The number of carbonyl (C=O) groups excluding carboxylic acids is 3. The van der Waals surface area contributed by atoms with Gasteiger partial charge in [0, 0.05) is 0 Å². The normalized spacial score (nSPS) is 32.9. The van der Waals surface area contributed by atoms with Crippen LogP contribution >= 0.6 is 0 Å². The van der Waals surface area contributed by atoms with Crippen LogP contribution in [0.25, 0.3) is 0 Å². The molecule has 2 saturated heterocycles. The van der Waals surface area contributed by atoms with Crippen molar-refractivity contribution in [2.75, 3.05) is 4.90 Å². The Labute approximate surface area is 119 Å². The molecule has 0 N–H and O–H groups in total. The van der Waals surface area contributed by atoms with E-state index in [1.807, 2.05) is 0 Å². The number of carboxylic acids is 1. The fourth-order valence-corrected chi connectivity index (χ4v) is 3.33. The predicted molar refractivity (Wildman–Crippen MR) is 68.0 cm³/mol. The third-order valence-corrected chi connectivity index (χ3v) is 4.25. The van der Waals surface area contributed by atoms with Crippen LogP contribution < -0.4 is 10.0 Å². The molecule has 3 aliphatic heterocycles. The third-order valence-electron chi connectivity index (χ3n) is 4.25. The molecule has 4 rings (SSSR count). The molecule has 0 saturated carbocycles. The molecule has 2 bridgehead atoms. The van der Waals surface area contributed by atoms with Crippen molar-refractivity contribution in [2.24, 2.45) is 11.8 Å². The zero-order valence-corrected chi connectivity index (χ0v) is 10.8. The van der Waals surface area contributed by atoms with Gasteiger partial charge in [-0.1, -0.05) is 24.3 Å². The van der Waals surface area contributed by atoms with Gasteiger partial charge >= 0.3 is 0 Å². The highest BCUT2D eigenvalue weighted by molar-refractivity contribution is 6.23. The molecule has 1 aromatic carbocycles. The highest BCUT2D eigenvalue weighted by atomic mass is 16.5. The van der Waals surface area contributed by atoms with Crippen LogP contribution in [0.15, 0.2) is 36.4 Å². The number of aromatic carboxylic acids is 1. The number of rotatable bonds is 2. The van der Waals surface area contributed by atoms with Crippen LogP contribution in [0.3, 0.4) is 0 Å². The maximum Gasteiger partial charge on any atom is 0.240 e. The van der Waals surface area contributed by atoms with Gasteiger partial charge in [-0.05, 0) is 17.7 Å². The zero-order chi connectivity index (χ0) is 14.7. The van der Waals surface area contributed by atoms with Crippen LogP contribution in [-0.2, 0) is 14.3 Å². The minimum absolute atomic E-state index is 0.0671. The Bertz CT molecular complexity index is 680. The van der Waals surface area contributed by atoms with Crippen molar-refractivity contribution in [3.63, 3.8) is 0 Å². The smallest absolute Gasteiger partial charge is 0.240 e. The summed E-state index contributed by atoms with van der Waals surface area (Å²) >= 11 is 0. The first-order valence-corrected chi connectivity index (χ1v) is 6.61. The monoisotopic (exact) mass is 284 g/mol. The maximum absolute atomic E-state index is 12.5. The van der Waals surface area contributed by atoms with E-state index in [1.165, 1.54) is 18.2 Å². The molecular weight excluding hydrogens is 274 g/mol. The second-order valence-electron chi connectivity index (χ2n) is 5.35. The molecular formula is C15H10NO5-. The van der Waals surface area contributed by atoms with Gasteiger partial charge in [-0.15, -0.1) is 0 Å². The number of carboxylic acid groups (broad SMARTS) is 1. The van der Waals surface area contributed by atoms with Crippen molar-refractivity contribution < 1.29 is 24.2 Å². The summed E-state index contributed by atoms with van der Waals surface area (Å²) in [4.78, 5) is 37.0. The fourth-order valence-electron chi connectivity index (χ4n) is 3.33. The van der Waals surface area contributed by atoms with Crippen LogP contribution in [0.4, 0.5) is 5.69 Å². The number of imide groups is 1. The fraction of sp³-hybridized carbons (Fsp3) is 0.267. The third kappa shape index (κ3) is 1.53. The molecule has 2 amide bonds. The van der Waals surface area contributed by atoms with E-state index in [9.17, 15) is 19.5 Å². The van der Waals surface area contributed by atoms with E-state index in [0.717, 1.165) is 4.90 Å². The molecule has 4 atom stereocenters. The minimum Gasteiger partial charge on any atom is -0.545 e. The molecule has 106 valence electrons. The number of benzene rings is 1. The Morgan fingerprint density at radius 1 is 1.10 bits per heavy atom. The molecule has 0 spiro atoms. The van der Waals surface area contributed by atoms with Crippen molar-refractivity contribution >= 4 is 23.5 Å². The number of fused-ring (bicyclic) bond motifs is 5. The summed E-state index contributed by atoms with van der Waals surface area (Å²) in [5.74, 6) is -3.02. The number of hydrogen-bond acceptors (Lipinski definition) is 5. The Balaban J connectivity index is 1.74. The average molecular weight is 284 g/mol. The maximum atomic E-state index is 12.5.